The number of carbonyl (C=O) groups excluding carboxylic acids is 1. The lowest BCUT2D eigenvalue weighted by Crippen LogP contribution is -2.51. The lowest BCUT2D eigenvalue weighted by Gasteiger charge is -2.39. The van der Waals surface area contributed by atoms with Crippen molar-refractivity contribution >= 4 is 34.3 Å². The fourth-order valence-electron chi connectivity index (χ4n) is 3.07. The van der Waals surface area contributed by atoms with E-state index >= 15 is 0 Å². The van der Waals surface area contributed by atoms with E-state index in [4.69, 9.17) is 16.3 Å². The number of imidazole rings is 1. The zero-order valence-electron chi connectivity index (χ0n) is 13.8. The predicted molar refractivity (Wildman–Crippen MR) is 98.9 cm³/mol. The number of aromatic amines is 1. The summed E-state index contributed by atoms with van der Waals surface area (Å²) in [7, 11) is 0. The number of ether oxygens (including phenoxy) is 1. The van der Waals surface area contributed by atoms with E-state index in [0.29, 0.717) is 24.7 Å². The molecule has 6 heteroatoms. The molecule has 2 aromatic carbocycles. The highest BCUT2D eigenvalue weighted by Gasteiger charge is 2.34. The van der Waals surface area contributed by atoms with Crippen molar-refractivity contribution in [1.29, 1.82) is 0 Å². The second-order valence-electron chi connectivity index (χ2n) is 6.12. The molecule has 3 aromatic rings. The average Bonchev–Trinajstić information content (AvgIpc) is 2.99. The van der Waals surface area contributed by atoms with Crippen molar-refractivity contribution in [2.45, 2.75) is 6.92 Å². The highest BCUT2D eigenvalue weighted by atomic mass is 35.5. The summed E-state index contributed by atoms with van der Waals surface area (Å²) in [5.74, 6) is 0.575. The van der Waals surface area contributed by atoms with Crippen molar-refractivity contribution in [3.05, 3.63) is 47.5 Å². The number of nitrogens with zero attached hydrogens (tertiary/aromatic N) is 2. The van der Waals surface area contributed by atoms with E-state index in [9.17, 15) is 4.79 Å². The molecule has 1 fully saturated rings. The van der Waals surface area contributed by atoms with E-state index in [1.807, 2.05) is 49.4 Å². The monoisotopic (exact) mass is 355 g/mol. The van der Waals surface area contributed by atoms with Gasteiger partial charge in [-0.05, 0) is 37.3 Å². The van der Waals surface area contributed by atoms with Gasteiger partial charge in [-0.15, -0.1) is 0 Å². The molecule has 128 valence electrons. The van der Waals surface area contributed by atoms with E-state index in [0.717, 1.165) is 28.1 Å². The first-order chi connectivity index (χ1) is 12.2. The van der Waals surface area contributed by atoms with Crippen LogP contribution in [-0.4, -0.2) is 35.6 Å². The highest BCUT2D eigenvalue weighted by molar-refractivity contribution is 6.33. The van der Waals surface area contributed by atoms with Gasteiger partial charge in [0.2, 0.25) is 0 Å². The summed E-state index contributed by atoms with van der Waals surface area (Å²) in [6, 6.07) is 13.7. The highest BCUT2D eigenvalue weighted by Crippen LogP contribution is 2.34. The first-order valence-corrected chi connectivity index (χ1v) is 8.69. The molecule has 0 aliphatic carbocycles. The first kappa shape index (κ1) is 16.0. The predicted octanol–water partition coefficient (Wildman–Crippen LogP) is 3.88. The molecule has 1 N–H and O–H groups in total. The normalized spacial score (nSPS) is 14.6. The van der Waals surface area contributed by atoms with Crippen molar-refractivity contribution in [1.82, 2.24) is 9.97 Å². The number of rotatable bonds is 4. The molecule has 1 aliphatic heterocycles. The molecule has 0 spiro atoms. The van der Waals surface area contributed by atoms with E-state index in [1.54, 1.807) is 0 Å². The molecule has 1 aromatic heterocycles. The Morgan fingerprint density at radius 2 is 2.12 bits per heavy atom. The summed E-state index contributed by atoms with van der Waals surface area (Å²) in [4.78, 5) is 21.8. The molecule has 0 radical (unpaired) electrons. The van der Waals surface area contributed by atoms with E-state index in [-0.39, 0.29) is 11.9 Å². The van der Waals surface area contributed by atoms with Crippen LogP contribution in [0.25, 0.3) is 22.4 Å². The quantitative estimate of drug-likeness (QED) is 0.721. The SMILES string of the molecule is CCOC(=O)C1CN(c2ccc(Cl)c(-c3nc4ccccc4[nH]3)c2)C1. The number of hydrogen-bond acceptors (Lipinski definition) is 4. The van der Waals surface area contributed by atoms with Gasteiger partial charge in [0, 0.05) is 24.3 Å². The van der Waals surface area contributed by atoms with Gasteiger partial charge in [0.05, 0.1) is 28.6 Å². The second kappa shape index (κ2) is 6.41. The number of carbonyl (C=O) groups is 1. The molecule has 1 aliphatic rings. The number of esters is 1. The molecule has 5 nitrogen and oxygen atoms in total. The Balaban J connectivity index is 1.58. The van der Waals surface area contributed by atoms with Crippen molar-refractivity contribution in [2.75, 3.05) is 24.6 Å². The summed E-state index contributed by atoms with van der Waals surface area (Å²) in [6.07, 6.45) is 0. The molecular weight excluding hydrogens is 338 g/mol. The zero-order valence-corrected chi connectivity index (χ0v) is 14.6. The van der Waals surface area contributed by atoms with Crippen LogP contribution < -0.4 is 4.90 Å². The van der Waals surface area contributed by atoms with E-state index in [1.165, 1.54) is 0 Å². The molecule has 0 atom stereocenters. The number of benzene rings is 2. The van der Waals surface area contributed by atoms with Crippen LogP contribution >= 0.6 is 11.6 Å². The van der Waals surface area contributed by atoms with Crippen molar-refractivity contribution < 1.29 is 9.53 Å². The molecule has 2 heterocycles. The van der Waals surface area contributed by atoms with Gasteiger partial charge in [-0.1, -0.05) is 23.7 Å². The Morgan fingerprint density at radius 1 is 1.32 bits per heavy atom. The Bertz CT molecular complexity index is 898. The summed E-state index contributed by atoms with van der Waals surface area (Å²) < 4.78 is 5.07. The van der Waals surface area contributed by atoms with Crippen LogP contribution in [-0.2, 0) is 9.53 Å². The summed E-state index contributed by atoms with van der Waals surface area (Å²) >= 11 is 6.39. The van der Waals surface area contributed by atoms with Gasteiger partial charge < -0.3 is 14.6 Å². The van der Waals surface area contributed by atoms with Crippen LogP contribution in [0, 0.1) is 5.92 Å². The van der Waals surface area contributed by atoms with Crippen molar-refractivity contribution in [3.63, 3.8) is 0 Å². The maximum Gasteiger partial charge on any atom is 0.312 e. The van der Waals surface area contributed by atoms with Crippen LogP contribution in [0.2, 0.25) is 5.02 Å². The van der Waals surface area contributed by atoms with E-state index in [2.05, 4.69) is 14.9 Å². The van der Waals surface area contributed by atoms with Crippen molar-refractivity contribution in [2.24, 2.45) is 5.92 Å². The Kier molecular flexibility index (Phi) is 4.09. The maximum atomic E-state index is 11.8. The number of anilines is 1. The van der Waals surface area contributed by atoms with Crippen LogP contribution in [0.4, 0.5) is 5.69 Å². The largest absolute Gasteiger partial charge is 0.466 e. The van der Waals surface area contributed by atoms with Crippen LogP contribution in [0.5, 0.6) is 0 Å². The van der Waals surface area contributed by atoms with Gasteiger partial charge in [-0.3, -0.25) is 4.79 Å². The molecule has 0 unspecified atom stereocenters. The minimum absolute atomic E-state index is 0.0507. The van der Waals surface area contributed by atoms with Crippen LogP contribution in [0.1, 0.15) is 6.92 Å². The van der Waals surface area contributed by atoms with Gasteiger partial charge in [0.15, 0.2) is 0 Å². The molecule has 0 amide bonds. The molecule has 1 saturated heterocycles. The fraction of sp³-hybridized carbons (Fsp3) is 0.263. The number of aromatic nitrogens is 2. The third-order valence-corrected chi connectivity index (χ3v) is 4.79. The van der Waals surface area contributed by atoms with Gasteiger partial charge >= 0.3 is 5.97 Å². The van der Waals surface area contributed by atoms with E-state index < -0.39 is 0 Å². The first-order valence-electron chi connectivity index (χ1n) is 8.32. The Morgan fingerprint density at radius 3 is 2.88 bits per heavy atom. The van der Waals surface area contributed by atoms with Gasteiger partial charge in [0.1, 0.15) is 5.82 Å². The third kappa shape index (κ3) is 2.96. The molecule has 25 heavy (non-hydrogen) atoms. The Hall–Kier alpha value is -2.53. The van der Waals surface area contributed by atoms with Crippen LogP contribution in [0.3, 0.4) is 0 Å². The van der Waals surface area contributed by atoms with Gasteiger partial charge in [-0.25, -0.2) is 4.98 Å². The molecule has 0 saturated carbocycles. The minimum Gasteiger partial charge on any atom is -0.466 e. The number of hydrogen-bond donors (Lipinski definition) is 1. The molecule has 0 bridgehead atoms. The lowest BCUT2D eigenvalue weighted by atomic mass is 9.99. The number of H-pyrrole nitrogens is 1. The number of nitrogens with one attached hydrogen (secondary N) is 1. The molecule has 4 rings (SSSR count). The topological polar surface area (TPSA) is 58.2 Å². The Labute approximate surface area is 150 Å². The number of fused-ring (bicyclic) bond motifs is 1. The van der Waals surface area contributed by atoms with Gasteiger partial charge in [-0.2, -0.15) is 0 Å². The minimum atomic E-state index is -0.120. The molecular formula is C19H18ClN3O2. The third-order valence-electron chi connectivity index (χ3n) is 4.46. The summed E-state index contributed by atoms with van der Waals surface area (Å²) in [5, 5.41) is 0.644. The maximum absolute atomic E-state index is 11.8. The van der Waals surface area contributed by atoms with Gasteiger partial charge in [0.25, 0.3) is 0 Å². The summed E-state index contributed by atoms with van der Waals surface area (Å²) in [6.45, 7) is 3.58. The van der Waals surface area contributed by atoms with Crippen LogP contribution in [0.15, 0.2) is 42.5 Å². The average molecular weight is 356 g/mol. The summed E-state index contributed by atoms with van der Waals surface area (Å²) in [5.41, 5.74) is 3.77. The second-order valence-corrected chi connectivity index (χ2v) is 6.53. The zero-order chi connectivity index (χ0) is 17.4. The lowest BCUT2D eigenvalue weighted by molar-refractivity contribution is -0.148. The smallest absolute Gasteiger partial charge is 0.312 e. The standard InChI is InChI=1S/C19H18ClN3O2/c1-2-25-19(24)12-10-23(11-12)13-7-8-15(20)14(9-13)18-21-16-5-3-4-6-17(16)22-18/h3-9,12H,2,10-11H2,1H3,(H,21,22). The fourth-order valence-corrected chi connectivity index (χ4v) is 3.28. The number of halogens is 1. The number of para-hydroxylation sites is 2. The van der Waals surface area contributed by atoms with Crippen molar-refractivity contribution in [3.8, 4) is 11.4 Å².